The minimum absolute atomic E-state index is 1.08. The highest BCUT2D eigenvalue weighted by molar-refractivity contribution is 7.79. The van der Waals surface area contributed by atoms with Crippen LogP contribution >= 0.6 is 0 Å². The quantitative estimate of drug-likeness (QED) is 0.214. The summed E-state index contributed by atoms with van der Waals surface area (Å²) in [5.41, 5.74) is 2.80. The minimum Gasteiger partial charge on any atom is -0.367 e. The van der Waals surface area contributed by atoms with Crippen LogP contribution in [0.15, 0.2) is 30.3 Å². The molecule has 0 fully saturated rings. The Hall–Kier alpha value is -1.37. The lowest BCUT2D eigenvalue weighted by molar-refractivity contribution is 0.381. The Balaban J connectivity index is 0.000000861. The fourth-order valence-electron chi connectivity index (χ4n) is 4.03. The van der Waals surface area contributed by atoms with Gasteiger partial charge in [-0.2, -0.15) is 8.42 Å². The molecule has 2 rings (SSSR count). The predicted octanol–water partition coefficient (Wildman–Crippen LogP) is 7.35. The number of fused-ring (bicyclic) bond motifs is 1. The molecule has 6 heteroatoms. The van der Waals surface area contributed by atoms with Crippen molar-refractivity contribution in [2.75, 3.05) is 18.0 Å². The highest BCUT2D eigenvalue weighted by Gasteiger charge is 2.11. The van der Waals surface area contributed by atoms with Gasteiger partial charge in [-0.05, 0) is 18.1 Å². The van der Waals surface area contributed by atoms with Gasteiger partial charge in [-0.25, -0.2) is 0 Å². The molecule has 0 saturated carbocycles. The Morgan fingerprint density at radius 1 is 0.774 bits per heavy atom. The van der Waals surface area contributed by atoms with E-state index in [-0.39, 0.29) is 0 Å². The van der Waals surface area contributed by atoms with Gasteiger partial charge < -0.3 is 4.90 Å². The molecule has 178 valence electrons. The molecular formula is C25H43NO4S. The summed E-state index contributed by atoms with van der Waals surface area (Å²) in [6.07, 6.45) is 24.6. The van der Waals surface area contributed by atoms with Crippen molar-refractivity contribution in [1.82, 2.24) is 0 Å². The first-order valence-corrected chi connectivity index (χ1v) is 13.5. The van der Waals surface area contributed by atoms with E-state index in [0.29, 0.717) is 0 Å². The van der Waals surface area contributed by atoms with Crippen molar-refractivity contribution in [2.24, 2.45) is 0 Å². The SMILES string of the molecule is CCCCCCCCCCCCCCCCN1CC=Cc2ccccc21.O=S(=O)(O)O. The Bertz CT molecular complexity index is 695. The summed E-state index contributed by atoms with van der Waals surface area (Å²) < 4.78 is 31.6. The van der Waals surface area contributed by atoms with E-state index in [0.717, 1.165) is 6.54 Å². The van der Waals surface area contributed by atoms with Gasteiger partial charge in [0.05, 0.1) is 0 Å². The lowest BCUT2D eigenvalue weighted by Crippen LogP contribution is -2.26. The number of nitrogens with zero attached hydrogens (tertiary/aromatic N) is 1. The average molecular weight is 454 g/mol. The van der Waals surface area contributed by atoms with E-state index < -0.39 is 10.4 Å². The van der Waals surface area contributed by atoms with Crippen LogP contribution in [0.1, 0.15) is 102 Å². The highest BCUT2D eigenvalue weighted by atomic mass is 32.3. The van der Waals surface area contributed by atoms with Crippen LogP contribution in [0, 0.1) is 0 Å². The summed E-state index contributed by atoms with van der Waals surface area (Å²) in [7, 11) is -4.67. The van der Waals surface area contributed by atoms with Crippen molar-refractivity contribution >= 4 is 22.2 Å². The summed E-state index contributed by atoms with van der Waals surface area (Å²) in [5.74, 6) is 0. The maximum Gasteiger partial charge on any atom is 0.394 e. The van der Waals surface area contributed by atoms with Crippen LogP contribution in [0.25, 0.3) is 6.08 Å². The summed E-state index contributed by atoms with van der Waals surface area (Å²) >= 11 is 0. The van der Waals surface area contributed by atoms with Gasteiger partial charge >= 0.3 is 10.4 Å². The van der Waals surface area contributed by atoms with E-state index >= 15 is 0 Å². The molecule has 1 heterocycles. The molecule has 0 amide bonds. The van der Waals surface area contributed by atoms with Gasteiger partial charge in [-0.3, -0.25) is 9.11 Å². The fraction of sp³-hybridized carbons (Fsp3) is 0.680. The van der Waals surface area contributed by atoms with Crippen molar-refractivity contribution in [3.63, 3.8) is 0 Å². The number of hydrogen-bond acceptors (Lipinski definition) is 3. The van der Waals surface area contributed by atoms with E-state index in [1.54, 1.807) is 0 Å². The molecule has 5 nitrogen and oxygen atoms in total. The normalized spacial score (nSPS) is 12.9. The Labute approximate surface area is 190 Å². The zero-order valence-corrected chi connectivity index (χ0v) is 20.2. The monoisotopic (exact) mass is 453 g/mol. The molecule has 0 spiro atoms. The van der Waals surface area contributed by atoms with Crippen LogP contribution in [-0.4, -0.2) is 30.6 Å². The molecule has 1 aromatic carbocycles. The van der Waals surface area contributed by atoms with Crippen LogP contribution in [0.2, 0.25) is 0 Å². The molecule has 31 heavy (non-hydrogen) atoms. The van der Waals surface area contributed by atoms with E-state index in [1.165, 1.54) is 108 Å². The zero-order valence-electron chi connectivity index (χ0n) is 19.3. The molecule has 0 unspecified atom stereocenters. The van der Waals surface area contributed by atoms with Crippen molar-refractivity contribution < 1.29 is 17.5 Å². The summed E-state index contributed by atoms with van der Waals surface area (Å²) in [6, 6.07) is 8.79. The van der Waals surface area contributed by atoms with Crippen molar-refractivity contribution in [2.45, 2.75) is 96.8 Å². The van der Waals surface area contributed by atoms with Crippen LogP contribution in [0.4, 0.5) is 5.69 Å². The van der Waals surface area contributed by atoms with E-state index in [1.807, 2.05) is 0 Å². The molecule has 0 aliphatic carbocycles. The number of anilines is 1. The third-order valence-electron chi connectivity index (χ3n) is 5.68. The average Bonchev–Trinajstić information content (AvgIpc) is 2.73. The van der Waals surface area contributed by atoms with E-state index in [4.69, 9.17) is 17.5 Å². The number of hydrogen-bond donors (Lipinski definition) is 2. The lowest BCUT2D eigenvalue weighted by Gasteiger charge is -2.28. The molecule has 1 aromatic rings. The van der Waals surface area contributed by atoms with Gasteiger partial charge in [0, 0.05) is 18.8 Å². The van der Waals surface area contributed by atoms with Crippen molar-refractivity contribution in [3.8, 4) is 0 Å². The molecule has 0 saturated heterocycles. The molecule has 1 aliphatic heterocycles. The number of rotatable bonds is 15. The number of para-hydroxylation sites is 1. The molecule has 0 atom stereocenters. The van der Waals surface area contributed by atoms with Crippen molar-refractivity contribution in [1.29, 1.82) is 0 Å². The third kappa shape index (κ3) is 16.0. The van der Waals surface area contributed by atoms with Gasteiger partial charge in [0.1, 0.15) is 0 Å². The summed E-state index contributed by atoms with van der Waals surface area (Å²) in [4.78, 5) is 2.54. The smallest absolute Gasteiger partial charge is 0.367 e. The molecule has 0 bridgehead atoms. The second kappa shape index (κ2) is 17.2. The molecule has 1 aliphatic rings. The maximum absolute atomic E-state index is 8.74. The van der Waals surface area contributed by atoms with Crippen LogP contribution in [0.5, 0.6) is 0 Å². The third-order valence-corrected chi connectivity index (χ3v) is 5.68. The minimum atomic E-state index is -4.67. The second-order valence-electron chi connectivity index (χ2n) is 8.45. The van der Waals surface area contributed by atoms with Gasteiger partial charge in [0.15, 0.2) is 0 Å². The molecule has 0 aromatic heterocycles. The van der Waals surface area contributed by atoms with Gasteiger partial charge in [-0.15, -0.1) is 0 Å². The Morgan fingerprint density at radius 3 is 1.74 bits per heavy atom. The van der Waals surface area contributed by atoms with Crippen LogP contribution in [-0.2, 0) is 10.4 Å². The highest BCUT2D eigenvalue weighted by Crippen LogP contribution is 2.25. The van der Waals surface area contributed by atoms with E-state index in [9.17, 15) is 0 Å². The summed E-state index contributed by atoms with van der Waals surface area (Å²) in [5, 5.41) is 0. The molecule has 2 N–H and O–H groups in total. The van der Waals surface area contributed by atoms with Gasteiger partial charge in [0.25, 0.3) is 0 Å². The topological polar surface area (TPSA) is 77.8 Å². The Kier molecular flexibility index (Phi) is 15.4. The molecular weight excluding hydrogens is 410 g/mol. The Morgan fingerprint density at radius 2 is 1.23 bits per heavy atom. The second-order valence-corrected chi connectivity index (χ2v) is 9.35. The van der Waals surface area contributed by atoms with Crippen LogP contribution in [0.3, 0.4) is 0 Å². The number of unbranched alkanes of at least 4 members (excludes halogenated alkanes) is 13. The zero-order chi connectivity index (χ0) is 22.8. The van der Waals surface area contributed by atoms with Gasteiger partial charge in [-0.1, -0.05) is 121 Å². The van der Waals surface area contributed by atoms with E-state index in [2.05, 4.69) is 48.2 Å². The number of benzene rings is 1. The first kappa shape index (κ1) is 27.7. The lowest BCUT2D eigenvalue weighted by atomic mass is 10.0. The first-order valence-electron chi connectivity index (χ1n) is 12.1. The first-order chi connectivity index (χ1) is 14.9. The van der Waals surface area contributed by atoms with Crippen molar-refractivity contribution in [3.05, 3.63) is 35.9 Å². The van der Waals surface area contributed by atoms with Gasteiger partial charge in [0.2, 0.25) is 0 Å². The predicted molar refractivity (Wildman–Crippen MR) is 132 cm³/mol. The largest absolute Gasteiger partial charge is 0.394 e. The fourth-order valence-corrected chi connectivity index (χ4v) is 4.03. The molecule has 0 radical (unpaired) electrons. The maximum atomic E-state index is 8.74. The summed E-state index contributed by atoms with van der Waals surface area (Å²) in [6.45, 7) is 4.58. The standard InChI is InChI=1S/C25H41N.H2O4S/c1-2-3-4-5-6-7-8-9-10-11-12-13-14-17-22-26-23-18-20-24-19-15-16-21-25(24)26;1-5(2,3)4/h15-16,18-21H,2-14,17,22-23H2,1H3;(H2,1,2,3,4). The van der Waals surface area contributed by atoms with Crippen LogP contribution < -0.4 is 4.90 Å².